The molecule has 1 aromatic rings. The molecule has 1 amide bonds. The SMILES string of the molecule is CCOCC(=O)OCC(=O)NCc1ccc(Cl)cc1Cl. The van der Waals surface area contributed by atoms with E-state index in [4.69, 9.17) is 32.7 Å². The fourth-order valence-electron chi connectivity index (χ4n) is 1.28. The van der Waals surface area contributed by atoms with Crippen LogP contribution < -0.4 is 5.32 Å². The van der Waals surface area contributed by atoms with E-state index in [-0.39, 0.29) is 19.8 Å². The smallest absolute Gasteiger partial charge is 0.332 e. The minimum Gasteiger partial charge on any atom is -0.454 e. The van der Waals surface area contributed by atoms with Crippen LogP contribution in [0.4, 0.5) is 0 Å². The zero-order valence-electron chi connectivity index (χ0n) is 10.9. The predicted molar refractivity (Wildman–Crippen MR) is 75.8 cm³/mol. The molecule has 0 saturated carbocycles. The average Bonchev–Trinajstić information content (AvgIpc) is 2.41. The first-order chi connectivity index (χ1) is 9.52. The van der Waals surface area contributed by atoms with Crippen molar-refractivity contribution in [3.63, 3.8) is 0 Å². The minimum atomic E-state index is -0.577. The Morgan fingerprint density at radius 3 is 2.65 bits per heavy atom. The third-order valence-corrected chi connectivity index (χ3v) is 2.87. The number of esters is 1. The molecule has 5 nitrogen and oxygen atoms in total. The van der Waals surface area contributed by atoms with Crippen LogP contribution in [-0.2, 0) is 25.6 Å². The highest BCUT2D eigenvalue weighted by Crippen LogP contribution is 2.20. The molecule has 0 saturated heterocycles. The van der Waals surface area contributed by atoms with Crippen LogP contribution in [0.3, 0.4) is 0 Å². The second kappa shape index (κ2) is 8.79. The average molecular weight is 320 g/mol. The van der Waals surface area contributed by atoms with E-state index in [1.54, 1.807) is 25.1 Å². The number of hydrogen-bond acceptors (Lipinski definition) is 4. The maximum atomic E-state index is 11.5. The molecule has 0 unspecified atom stereocenters. The van der Waals surface area contributed by atoms with Crippen LogP contribution in [0.2, 0.25) is 10.0 Å². The molecule has 110 valence electrons. The highest BCUT2D eigenvalue weighted by atomic mass is 35.5. The number of carbonyl (C=O) groups is 2. The molecule has 0 aliphatic carbocycles. The van der Waals surface area contributed by atoms with E-state index in [1.807, 2.05) is 0 Å². The zero-order chi connectivity index (χ0) is 15.0. The van der Waals surface area contributed by atoms with Crippen LogP contribution in [0.1, 0.15) is 12.5 Å². The van der Waals surface area contributed by atoms with Crippen molar-refractivity contribution in [2.75, 3.05) is 19.8 Å². The second-order valence-corrected chi connectivity index (χ2v) is 4.65. The standard InChI is InChI=1S/C13H15Cl2NO4/c1-2-19-8-13(18)20-7-12(17)16-6-9-3-4-10(14)5-11(9)15/h3-5H,2,6-8H2,1H3,(H,16,17). The fourth-order valence-corrected chi connectivity index (χ4v) is 1.76. The highest BCUT2D eigenvalue weighted by molar-refractivity contribution is 6.35. The molecule has 0 atom stereocenters. The number of carbonyl (C=O) groups excluding carboxylic acids is 2. The molecule has 1 N–H and O–H groups in total. The molecular formula is C13H15Cl2NO4. The van der Waals surface area contributed by atoms with Crippen molar-refractivity contribution in [1.29, 1.82) is 0 Å². The molecule has 0 bridgehead atoms. The zero-order valence-corrected chi connectivity index (χ0v) is 12.5. The third kappa shape index (κ3) is 6.23. The van der Waals surface area contributed by atoms with E-state index < -0.39 is 11.9 Å². The number of hydrogen-bond donors (Lipinski definition) is 1. The Balaban J connectivity index is 2.31. The summed E-state index contributed by atoms with van der Waals surface area (Å²) in [4.78, 5) is 22.6. The Labute approximate surface area is 127 Å². The second-order valence-electron chi connectivity index (χ2n) is 3.81. The minimum absolute atomic E-state index is 0.160. The van der Waals surface area contributed by atoms with E-state index in [0.29, 0.717) is 16.7 Å². The Kier molecular flexibility index (Phi) is 7.36. The summed E-state index contributed by atoms with van der Waals surface area (Å²) in [5, 5.41) is 3.57. The number of amides is 1. The molecule has 0 heterocycles. The van der Waals surface area contributed by atoms with Crippen molar-refractivity contribution in [1.82, 2.24) is 5.32 Å². The van der Waals surface area contributed by atoms with Gasteiger partial charge >= 0.3 is 5.97 Å². The van der Waals surface area contributed by atoms with Crippen LogP contribution in [-0.4, -0.2) is 31.7 Å². The lowest BCUT2D eigenvalue weighted by Crippen LogP contribution is -2.29. The van der Waals surface area contributed by atoms with Crippen molar-refractivity contribution in [3.05, 3.63) is 33.8 Å². The molecular weight excluding hydrogens is 305 g/mol. The molecule has 0 aliphatic heterocycles. The Morgan fingerprint density at radius 2 is 2.00 bits per heavy atom. The van der Waals surface area contributed by atoms with Gasteiger partial charge in [-0.2, -0.15) is 0 Å². The van der Waals surface area contributed by atoms with Gasteiger partial charge in [0.15, 0.2) is 6.61 Å². The number of halogens is 2. The Bertz CT molecular complexity index is 479. The molecule has 0 aliphatic rings. The number of benzene rings is 1. The van der Waals surface area contributed by atoms with E-state index in [1.165, 1.54) is 0 Å². The Hall–Kier alpha value is -1.30. The summed E-state index contributed by atoms with van der Waals surface area (Å²) in [5.74, 6) is -0.993. The topological polar surface area (TPSA) is 64.6 Å². The van der Waals surface area contributed by atoms with E-state index in [2.05, 4.69) is 5.32 Å². The number of ether oxygens (including phenoxy) is 2. The van der Waals surface area contributed by atoms with Gasteiger partial charge in [-0.1, -0.05) is 29.3 Å². The molecule has 0 spiro atoms. The fraction of sp³-hybridized carbons (Fsp3) is 0.385. The lowest BCUT2D eigenvalue weighted by atomic mass is 10.2. The van der Waals surface area contributed by atoms with E-state index in [9.17, 15) is 9.59 Å². The van der Waals surface area contributed by atoms with Gasteiger partial charge in [0.25, 0.3) is 5.91 Å². The Morgan fingerprint density at radius 1 is 1.25 bits per heavy atom. The van der Waals surface area contributed by atoms with Crippen molar-refractivity contribution in [3.8, 4) is 0 Å². The van der Waals surface area contributed by atoms with Crippen molar-refractivity contribution >= 4 is 35.1 Å². The van der Waals surface area contributed by atoms with Gasteiger partial charge in [-0.25, -0.2) is 4.79 Å². The van der Waals surface area contributed by atoms with Crippen LogP contribution in [0.5, 0.6) is 0 Å². The summed E-state index contributed by atoms with van der Waals surface area (Å²) in [6, 6.07) is 4.98. The lowest BCUT2D eigenvalue weighted by molar-refractivity contribution is -0.152. The van der Waals surface area contributed by atoms with Crippen LogP contribution >= 0.6 is 23.2 Å². The summed E-state index contributed by atoms with van der Waals surface area (Å²) in [7, 11) is 0. The van der Waals surface area contributed by atoms with Gasteiger partial charge in [0.2, 0.25) is 0 Å². The first kappa shape index (κ1) is 16.8. The van der Waals surface area contributed by atoms with Gasteiger partial charge in [0, 0.05) is 23.2 Å². The lowest BCUT2D eigenvalue weighted by Gasteiger charge is -2.08. The number of nitrogens with one attached hydrogen (secondary N) is 1. The molecule has 1 rings (SSSR count). The van der Waals surface area contributed by atoms with Gasteiger partial charge in [-0.3, -0.25) is 4.79 Å². The largest absolute Gasteiger partial charge is 0.454 e. The molecule has 0 radical (unpaired) electrons. The maximum Gasteiger partial charge on any atom is 0.332 e. The van der Waals surface area contributed by atoms with E-state index >= 15 is 0 Å². The molecule has 20 heavy (non-hydrogen) atoms. The summed E-state index contributed by atoms with van der Waals surface area (Å²) < 4.78 is 9.56. The van der Waals surface area contributed by atoms with Crippen LogP contribution in [0.15, 0.2) is 18.2 Å². The van der Waals surface area contributed by atoms with Gasteiger partial charge < -0.3 is 14.8 Å². The maximum absolute atomic E-state index is 11.5. The summed E-state index contributed by atoms with van der Waals surface area (Å²) in [6.45, 7) is 1.90. The van der Waals surface area contributed by atoms with Crippen molar-refractivity contribution < 1.29 is 19.1 Å². The predicted octanol–water partition coefficient (Wildman–Crippen LogP) is 2.19. The van der Waals surface area contributed by atoms with Gasteiger partial charge in [0.05, 0.1) is 0 Å². The molecule has 7 heteroatoms. The first-order valence-corrected chi connectivity index (χ1v) is 6.72. The highest BCUT2D eigenvalue weighted by Gasteiger charge is 2.08. The molecule has 1 aromatic carbocycles. The van der Waals surface area contributed by atoms with Crippen molar-refractivity contribution in [2.45, 2.75) is 13.5 Å². The quantitative estimate of drug-likeness (QED) is 0.782. The van der Waals surface area contributed by atoms with Crippen molar-refractivity contribution in [2.24, 2.45) is 0 Å². The summed E-state index contributed by atoms with van der Waals surface area (Å²) in [6.07, 6.45) is 0. The number of rotatable bonds is 7. The van der Waals surface area contributed by atoms with Gasteiger partial charge in [-0.05, 0) is 24.6 Å². The van der Waals surface area contributed by atoms with Gasteiger partial charge in [-0.15, -0.1) is 0 Å². The molecule has 0 aromatic heterocycles. The van der Waals surface area contributed by atoms with Crippen LogP contribution in [0, 0.1) is 0 Å². The van der Waals surface area contributed by atoms with Gasteiger partial charge in [0.1, 0.15) is 6.61 Å². The monoisotopic (exact) mass is 319 g/mol. The summed E-state index contributed by atoms with van der Waals surface area (Å²) >= 11 is 11.7. The summed E-state index contributed by atoms with van der Waals surface area (Å²) in [5.41, 5.74) is 0.727. The normalized spacial score (nSPS) is 10.2. The third-order valence-electron chi connectivity index (χ3n) is 2.28. The van der Waals surface area contributed by atoms with Crippen LogP contribution in [0.25, 0.3) is 0 Å². The molecule has 0 fully saturated rings. The van der Waals surface area contributed by atoms with E-state index in [0.717, 1.165) is 5.56 Å². The first-order valence-electron chi connectivity index (χ1n) is 5.97.